The summed E-state index contributed by atoms with van der Waals surface area (Å²) in [6.07, 6.45) is 4.29. The summed E-state index contributed by atoms with van der Waals surface area (Å²) in [4.78, 5) is 24.0. The zero-order chi connectivity index (χ0) is 14.7. The van der Waals surface area contributed by atoms with Gasteiger partial charge in [-0.15, -0.1) is 0 Å². The van der Waals surface area contributed by atoms with Gasteiger partial charge in [0.25, 0.3) is 0 Å². The Bertz CT molecular complexity index is 495. The van der Waals surface area contributed by atoms with E-state index in [1.807, 2.05) is 18.2 Å². The van der Waals surface area contributed by atoms with E-state index in [1.54, 1.807) is 0 Å². The van der Waals surface area contributed by atoms with Crippen LogP contribution in [0.25, 0.3) is 0 Å². The van der Waals surface area contributed by atoms with Gasteiger partial charge in [-0.25, -0.2) is 0 Å². The average molecular weight is 286 g/mol. The first kappa shape index (κ1) is 14.5. The fourth-order valence-corrected chi connectivity index (χ4v) is 3.67. The van der Waals surface area contributed by atoms with Crippen LogP contribution >= 0.6 is 0 Å². The molecule has 112 valence electrons. The molecule has 3 rings (SSSR count). The third-order valence-corrected chi connectivity index (χ3v) is 5.07. The van der Waals surface area contributed by atoms with Crippen LogP contribution in [-0.2, 0) is 20.9 Å². The van der Waals surface area contributed by atoms with Crippen LogP contribution in [0.15, 0.2) is 30.3 Å². The number of Topliss-reactive ketones (excluding diaryl/α,β-unsaturated/α-hetero) is 2. The van der Waals surface area contributed by atoms with Crippen molar-refractivity contribution in [3.8, 4) is 0 Å². The zero-order valence-corrected chi connectivity index (χ0v) is 12.3. The number of ketones is 2. The van der Waals surface area contributed by atoms with E-state index in [9.17, 15) is 9.59 Å². The number of benzene rings is 1. The van der Waals surface area contributed by atoms with Gasteiger partial charge >= 0.3 is 0 Å². The fraction of sp³-hybridized carbons (Fsp3) is 0.556. The molecule has 0 atom stereocenters. The molecule has 2 aliphatic carbocycles. The standard InChI is InChI=1S/C18H22O3/c19-16-6-7-17(20)18(16)10-8-15(9-11-18)13-21-12-14-4-2-1-3-5-14/h1-5,15H,6-13H2. The second-order valence-electron chi connectivity index (χ2n) is 6.37. The van der Waals surface area contributed by atoms with Crippen LogP contribution in [0.2, 0.25) is 0 Å². The van der Waals surface area contributed by atoms with Crippen LogP contribution in [-0.4, -0.2) is 18.2 Å². The van der Waals surface area contributed by atoms with Crippen molar-refractivity contribution in [3.05, 3.63) is 35.9 Å². The molecule has 1 spiro atoms. The summed E-state index contributed by atoms with van der Waals surface area (Å²) in [6.45, 7) is 1.37. The summed E-state index contributed by atoms with van der Waals surface area (Å²) in [5.74, 6) is 0.868. The van der Waals surface area contributed by atoms with Crippen molar-refractivity contribution in [2.75, 3.05) is 6.61 Å². The molecule has 0 amide bonds. The maximum absolute atomic E-state index is 12.0. The Morgan fingerprint density at radius 1 is 1.00 bits per heavy atom. The summed E-state index contributed by atoms with van der Waals surface area (Å²) in [7, 11) is 0. The normalized spacial score (nSPS) is 22.1. The molecule has 0 unspecified atom stereocenters. The van der Waals surface area contributed by atoms with E-state index in [4.69, 9.17) is 4.74 Å². The topological polar surface area (TPSA) is 43.4 Å². The Morgan fingerprint density at radius 3 is 2.24 bits per heavy atom. The van der Waals surface area contributed by atoms with E-state index in [1.165, 1.54) is 5.56 Å². The molecule has 21 heavy (non-hydrogen) atoms. The second-order valence-corrected chi connectivity index (χ2v) is 6.37. The van der Waals surface area contributed by atoms with Crippen molar-refractivity contribution >= 4 is 11.6 Å². The van der Waals surface area contributed by atoms with E-state index in [2.05, 4.69) is 12.1 Å². The van der Waals surface area contributed by atoms with Gasteiger partial charge in [0.2, 0.25) is 0 Å². The quantitative estimate of drug-likeness (QED) is 0.798. The summed E-state index contributed by atoms with van der Waals surface area (Å²) in [6, 6.07) is 10.2. The van der Waals surface area contributed by atoms with E-state index >= 15 is 0 Å². The highest BCUT2D eigenvalue weighted by atomic mass is 16.5. The number of ether oxygens (including phenoxy) is 1. The van der Waals surface area contributed by atoms with Gasteiger partial charge in [-0.1, -0.05) is 30.3 Å². The smallest absolute Gasteiger partial charge is 0.146 e. The predicted molar refractivity (Wildman–Crippen MR) is 79.7 cm³/mol. The lowest BCUT2D eigenvalue weighted by Crippen LogP contribution is -2.37. The maximum Gasteiger partial charge on any atom is 0.146 e. The number of rotatable bonds is 4. The second kappa shape index (κ2) is 6.10. The number of carbonyl (C=O) groups excluding carboxylic acids is 2. The monoisotopic (exact) mass is 286 g/mol. The first-order valence-corrected chi connectivity index (χ1v) is 7.89. The Hall–Kier alpha value is -1.48. The molecule has 3 nitrogen and oxygen atoms in total. The lowest BCUT2D eigenvalue weighted by molar-refractivity contribution is -0.138. The molecule has 1 aromatic rings. The van der Waals surface area contributed by atoms with Gasteiger partial charge in [0.05, 0.1) is 12.0 Å². The van der Waals surface area contributed by atoms with Gasteiger partial charge in [0, 0.05) is 19.4 Å². The van der Waals surface area contributed by atoms with Gasteiger partial charge in [-0.2, -0.15) is 0 Å². The molecular formula is C18H22O3. The molecule has 2 aliphatic rings. The minimum atomic E-state index is -0.601. The van der Waals surface area contributed by atoms with Crippen LogP contribution in [0.4, 0.5) is 0 Å². The number of carbonyl (C=O) groups is 2. The number of hydrogen-bond acceptors (Lipinski definition) is 3. The molecule has 0 heterocycles. The molecule has 0 aromatic heterocycles. The Kier molecular flexibility index (Phi) is 4.20. The average Bonchev–Trinajstić information content (AvgIpc) is 2.79. The third-order valence-electron chi connectivity index (χ3n) is 5.07. The van der Waals surface area contributed by atoms with Crippen molar-refractivity contribution in [2.24, 2.45) is 11.3 Å². The van der Waals surface area contributed by atoms with E-state index in [-0.39, 0.29) is 11.6 Å². The first-order valence-electron chi connectivity index (χ1n) is 7.89. The van der Waals surface area contributed by atoms with E-state index in [0.29, 0.717) is 25.4 Å². The summed E-state index contributed by atoms with van der Waals surface area (Å²) in [5.41, 5.74) is 0.585. The highest BCUT2D eigenvalue weighted by Gasteiger charge is 2.50. The van der Waals surface area contributed by atoms with Crippen LogP contribution in [0.3, 0.4) is 0 Å². The van der Waals surface area contributed by atoms with Crippen molar-refractivity contribution in [1.82, 2.24) is 0 Å². The lowest BCUT2D eigenvalue weighted by atomic mass is 9.68. The SMILES string of the molecule is O=C1CCC(=O)C12CCC(COCc1ccccc1)CC2. The first-order chi connectivity index (χ1) is 10.2. The maximum atomic E-state index is 12.0. The van der Waals surface area contributed by atoms with Crippen LogP contribution in [0, 0.1) is 11.3 Å². The number of hydrogen-bond donors (Lipinski definition) is 0. The van der Waals surface area contributed by atoms with Gasteiger partial charge in [-0.3, -0.25) is 9.59 Å². The van der Waals surface area contributed by atoms with Gasteiger partial charge in [0.1, 0.15) is 11.6 Å². The fourth-order valence-electron chi connectivity index (χ4n) is 3.67. The highest BCUT2D eigenvalue weighted by Crippen LogP contribution is 2.45. The van der Waals surface area contributed by atoms with Crippen molar-refractivity contribution in [3.63, 3.8) is 0 Å². The molecule has 0 bridgehead atoms. The highest BCUT2D eigenvalue weighted by molar-refractivity contribution is 6.12. The van der Waals surface area contributed by atoms with Gasteiger partial charge in [0.15, 0.2) is 0 Å². The van der Waals surface area contributed by atoms with Crippen LogP contribution < -0.4 is 0 Å². The molecule has 1 aromatic carbocycles. The Labute approximate surface area is 125 Å². The Balaban J connectivity index is 1.46. The summed E-state index contributed by atoms with van der Waals surface area (Å²) >= 11 is 0. The minimum Gasteiger partial charge on any atom is -0.376 e. The van der Waals surface area contributed by atoms with E-state index in [0.717, 1.165) is 32.3 Å². The molecule has 2 saturated carbocycles. The summed E-state index contributed by atoms with van der Waals surface area (Å²) in [5, 5.41) is 0. The molecule has 2 fully saturated rings. The minimum absolute atomic E-state index is 0.191. The molecule has 0 aliphatic heterocycles. The van der Waals surface area contributed by atoms with Crippen molar-refractivity contribution < 1.29 is 14.3 Å². The molecular weight excluding hydrogens is 264 g/mol. The van der Waals surface area contributed by atoms with Gasteiger partial charge < -0.3 is 4.74 Å². The van der Waals surface area contributed by atoms with Crippen LogP contribution in [0.5, 0.6) is 0 Å². The summed E-state index contributed by atoms with van der Waals surface area (Å²) < 4.78 is 5.79. The third kappa shape index (κ3) is 2.93. The van der Waals surface area contributed by atoms with Gasteiger partial charge in [-0.05, 0) is 37.2 Å². The van der Waals surface area contributed by atoms with Crippen molar-refractivity contribution in [2.45, 2.75) is 45.1 Å². The molecule has 0 saturated heterocycles. The van der Waals surface area contributed by atoms with E-state index < -0.39 is 5.41 Å². The Morgan fingerprint density at radius 2 is 1.62 bits per heavy atom. The molecule has 0 radical (unpaired) electrons. The largest absolute Gasteiger partial charge is 0.376 e. The lowest BCUT2D eigenvalue weighted by Gasteiger charge is -2.34. The zero-order valence-electron chi connectivity index (χ0n) is 12.3. The predicted octanol–water partition coefficient (Wildman–Crippen LogP) is 3.31. The van der Waals surface area contributed by atoms with Crippen molar-refractivity contribution in [1.29, 1.82) is 0 Å². The molecule has 0 N–H and O–H groups in total. The molecule has 3 heteroatoms. The van der Waals surface area contributed by atoms with Crippen LogP contribution in [0.1, 0.15) is 44.1 Å².